The molecule has 1 saturated carbocycles. The molecule has 21 heavy (non-hydrogen) atoms. The minimum absolute atomic E-state index is 0.303. The molecule has 0 heterocycles. The molecule has 1 aliphatic rings. The van der Waals surface area contributed by atoms with Crippen molar-refractivity contribution in [3.63, 3.8) is 0 Å². The summed E-state index contributed by atoms with van der Waals surface area (Å²) in [5.41, 5.74) is 1.10. The summed E-state index contributed by atoms with van der Waals surface area (Å²) in [5.74, 6) is -0.682. The zero-order valence-corrected chi connectivity index (χ0v) is 12.6. The van der Waals surface area contributed by atoms with E-state index in [1.807, 2.05) is 11.9 Å². The van der Waals surface area contributed by atoms with E-state index in [-0.39, 0.29) is 5.82 Å². The van der Waals surface area contributed by atoms with E-state index < -0.39 is 5.97 Å². The topological polar surface area (TPSA) is 40.5 Å². The second kappa shape index (κ2) is 6.74. The van der Waals surface area contributed by atoms with Crippen molar-refractivity contribution >= 4 is 17.7 Å². The monoisotopic (exact) mass is 291 g/mol. The number of anilines is 1. The van der Waals surface area contributed by atoms with E-state index in [1.165, 1.54) is 18.6 Å². The van der Waals surface area contributed by atoms with Crippen molar-refractivity contribution in [2.45, 2.75) is 38.6 Å². The molecule has 2 atom stereocenters. The van der Waals surface area contributed by atoms with E-state index in [0.717, 1.165) is 25.3 Å². The number of nitrogens with zero attached hydrogens (tertiary/aromatic N) is 1. The van der Waals surface area contributed by atoms with Gasteiger partial charge in [-0.3, -0.25) is 0 Å². The Morgan fingerprint density at radius 1 is 1.43 bits per heavy atom. The highest BCUT2D eigenvalue weighted by atomic mass is 19.1. The summed E-state index contributed by atoms with van der Waals surface area (Å²) in [6.07, 6.45) is 7.00. The van der Waals surface area contributed by atoms with Crippen LogP contribution in [-0.4, -0.2) is 24.2 Å². The van der Waals surface area contributed by atoms with Gasteiger partial charge in [-0.05, 0) is 30.9 Å². The van der Waals surface area contributed by atoms with Crippen molar-refractivity contribution in [3.05, 3.63) is 35.7 Å². The molecule has 114 valence electrons. The normalized spacial score (nSPS) is 22.4. The third-order valence-corrected chi connectivity index (χ3v) is 4.23. The zero-order valence-electron chi connectivity index (χ0n) is 12.6. The van der Waals surface area contributed by atoms with E-state index in [0.29, 0.717) is 23.2 Å². The van der Waals surface area contributed by atoms with Gasteiger partial charge in [0.25, 0.3) is 0 Å². The Morgan fingerprint density at radius 3 is 2.86 bits per heavy atom. The minimum atomic E-state index is -1.03. The Balaban J connectivity index is 2.30. The molecular weight excluding hydrogens is 269 g/mol. The van der Waals surface area contributed by atoms with Crippen LogP contribution in [-0.2, 0) is 4.79 Å². The number of carboxylic acid groups (broad SMARTS) is 1. The van der Waals surface area contributed by atoms with Crippen LogP contribution >= 0.6 is 0 Å². The fourth-order valence-electron chi connectivity index (χ4n) is 3.14. The fourth-order valence-corrected chi connectivity index (χ4v) is 3.14. The molecule has 1 aromatic rings. The van der Waals surface area contributed by atoms with Gasteiger partial charge in [0.05, 0.1) is 5.69 Å². The number of carbonyl (C=O) groups is 1. The molecule has 0 spiro atoms. The Bertz CT molecular complexity index is 542. The lowest BCUT2D eigenvalue weighted by molar-refractivity contribution is -0.131. The second-order valence-corrected chi connectivity index (χ2v) is 5.89. The van der Waals surface area contributed by atoms with Crippen LogP contribution in [0.2, 0.25) is 0 Å². The Hall–Kier alpha value is -1.84. The molecule has 0 saturated heterocycles. The molecule has 1 fully saturated rings. The first-order valence-corrected chi connectivity index (χ1v) is 7.41. The van der Waals surface area contributed by atoms with E-state index in [4.69, 9.17) is 5.11 Å². The summed E-state index contributed by atoms with van der Waals surface area (Å²) in [4.78, 5) is 12.7. The first-order chi connectivity index (χ1) is 9.99. The van der Waals surface area contributed by atoms with Crippen LogP contribution in [0, 0.1) is 11.7 Å². The molecule has 0 aromatic heterocycles. The molecular formula is C17H22FNO2. The van der Waals surface area contributed by atoms with Crippen LogP contribution < -0.4 is 4.90 Å². The third kappa shape index (κ3) is 3.84. The number of halogens is 1. The van der Waals surface area contributed by atoms with E-state index in [2.05, 4.69) is 6.92 Å². The van der Waals surface area contributed by atoms with Crippen LogP contribution in [0.5, 0.6) is 0 Å². The molecule has 0 radical (unpaired) electrons. The van der Waals surface area contributed by atoms with Gasteiger partial charge in [0.1, 0.15) is 5.82 Å². The maximum atomic E-state index is 14.3. The lowest BCUT2D eigenvalue weighted by Crippen LogP contribution is -2.36. The standard InChI is InChI=1S/C17H22FNO2/c1-12-5-3-7-14(11-12)19(2)17-13(9-10-16(20)21)6-4-8-15(17)18/h4,6,8-10,12,14H,3,5,7,11H2,1-2H3,(H,20,21)/b10-9+. The SMILES string of the molecule is CC1CCCC(N(C)c2c(F)cccc2/C=C/C(=O)O)C1. The summed E-state index contributed by atoms with van der Waals surface area (Å²) < 4.78 is 14.3. The Morgan fingerprint density at radius 2 is 2.19 bits per heavy atom. The highest BCUT2D eigenvalue weighted by Gasteiger charge is 2.25. The number of benzene rings is 1. The number of hydrogen-bond donors (Lipinski definition) is 1. The van der Waals surface area contributed by atoms with Crippen molar-refractivity contribution in [3.8, 4) is 0 Å². The van der Waals surface area contributed by atoms with Crippen molar-refractivity contribution in [2.24, 2.45) is 5.92 Å². The summed E-state index contributed by atoms with van der Waals surface area (Å²) >= 11 is 0. The highest BCUT2D eigenvalue weighted by molar-refractivity contribution is 5.87. The highest BCUT2D eigenvalue weighted by Crippen LogP contribution is 2.33. The number of para-hydroxylation sites is 1. The van der Waals surface area contributed by atoms with Crippen molar-refractivity contribution in [1.29, 1.82) is 0 Å². The van der Waals surface area contributed by atoms with Gasteiger partial charge >= 0.3 is 5.97 Å². The average Bonchev–Trinajstić information content (AvgIpc) is 2.44. The van der Waals surface area contributed by atoms with Gasteiger partial charge in [-0.15, -0.1) is 0 Å². The number of carboxylic acids is 1. The summed E-state index contributed by atoms with van der Waals surface area (Å²) in [6, 6.07) is 5.09. The Labute approximate surface area is 125 Å². The quantitative estimate of drug-likeness (QED) is 0.854. The lowest BCUT2D eigenvalue weighted by Gasteiger charge is -2.36. The molecule has 2 unspecified atom stereocenters. The molecule has 3 nitrogen and oxygen atoms in total. The number of hydrogen-bond acceptors (Lipinski definition) is 2. The van der Waals surface area contributed by atoms with E-state index in [9.17, 15) is 9.18 Å². The largest absolute Gasteiger partial charge is 0.478 e. The van der Waals surface area contributed by atoms with Gasteiger partial charge in [0, 0.05) is 24.7 Å². The van der Waals surface area contributed by atoms with Gasteiger partial charge < -0.3 is 10.0 Å². The van der Waals surface area contributed by atoms with E-state index >= 15 is 0 Å². The molecule has 0 aliphatic heterocycles. The third-order valence-electron chi connectivity index (χ3n) is 4.23. The van der Waals surface area contributed by atoms with Gasteiger partial charge in [-0.2, -0.15) is 0 Å². The molecule has 4 heteroatoms. The predicted octanol–water partition coefficient (Wildman–Crippen LogP) is 3.94. The second-order valence-electron chi connectivity index (χ2n) is 5.89. The first kappa shape index (κ1) is 15.5. The maximum absolute atomic E-state index is 14.3. The Kier molecular flexibility index (Phi) is 4.99. The maximum Gasteiger partial charge on any atom is 0.328 e. The molecule has 1 aromatic carbocycles. The predicted molar refractivity (Wildman–Crippen MR) is 82.9 cm³/mol. The van der Waals surface area contributed by atoms with Gasteiger partial charge in [0.2, 0.25) is 0 Å². The molecule has 1 aliphatic carbocycles. The minimum Gasteiger partial charge on any atom is -0.478 e. The first-order valence-electron chi connectivity index (χ1n) is 7.41. The van der Waals surface area contributed by atoms with Gasteiger partial charge in [0.15, 0.2) is 0 Å². The summed E-state index contributed by atoms with van der Waals surface area (Å²) in [7, 11) is 1.90. The van der Waals surface area contributed by atoms with E-state index in [1.54, 1.807) is 12.1 Å². The smallest absolute Gasteiger partial charge is 0.328 e. The molecule has 2 rings (SSSR count). The zero-order chi connectivity index (χ0) is 15.4. The van der Waals surface area contributed by atoms with Crippen molar-refractivity contribution in [1.82, 2.24) is 0 Å². The van der Waals surface area contributed by atoms with Crippen LogP contribution in [0.3, 0.4) is 0 Å². The molecule has 1 N–H and O–H groups in total. The van der Waals surface area contributed by atoms with Crippen LogP contribution in [0.1, 0.15) is 38.2 Å². The van der Waals surface area contributed by atoms with Crippen LogP contribution in [0.25, 0.3) is 6.08 Å². The summed E-state index contributed by atoms with van der Waals surface area (Å²) in [6.45, 7) is 2.23. The average molecular weight is 291 g/mol. The van der Waals surface area contributed by atoms with Crippen molar-refractivity contribution in [2.75, 3.05) is 11.9 Å². The number of rotatable bonds is 4. The summed E-state index contributed by atoms with van der Waals surface area (Å²) in [5, 5.41) is 8.76. The van der Waals surface area contributed by atoms with Crippen LogP contribution in [0.15, 0.2) is 24.3 Å². The van der Waals surface area contributed by atoms with Crippen LogP contribution in [0.4, 0.5) is 10.1 Å². The van der Waals surface area contributed by atoms with Crippen molar-refractivity contribution < 1.29 is 14.3 Å². The fraction of sp³-hybridized carbons (Fsp3) is 0.471. The molecule has 0 bridgehead atoms. The lowest BCUT2D eigenvalue weighted by atomic mass is 9.86. The van der Waals surface area contributed by atoms with Gasteiger partial charge in [-0.25, -0.2) is 9.18 Å². The number of aliphatic carboxylic acids is 1. The molecule has 0 amide bonds. The van der Waals surface area contributed by atoms with Gasteiger partial charge in [-0.1, -0.05) is 31.9 Å².